The summed E-state index contributed by atoms with van der Waals surface area (Å²) in [6, 6.07) is 18.7. The fraction of sp³-hybridized carbons (Fsp3) is 0.100. The molecule has 118 valence electrons. The molecule has 0 bridgehead atoms. The standard InChI is InChI=1S/C20H14S2Se2/c1-11-3-5-19(23-11)17-9-13-7-16-14(8-15(13)21-17)10-18(22-16)20-6-4-12(2)24-20/h3-10H,1-2H3. The van der Waals surface area contributed by atoms with Crippen molar-refractivity contribution in [3.8, 4) is 18.6 Å². The van der Waals surface area contributed by atoms with Crippen LogP contribution in [0.1, 0.15) is 8.87 Å². The first-order valence-electron chi connectivity index (χ1n) is 7.76. The fourth-order valence-corrected chi connectivity index (χ4v) is 9.20. The van der Waals surface area contributed by atoms with Crippen molar-refractivity contribution < 1.29 is 0 Å². The maximum atomic E-state index is 2.39. The van der Waals surface area contributed by atoms with E-state index in [4.69, 9.17) is 0 Å². The Balaban J connectivity index is 1.64. The van der Waals surface area contributed by atoms with Crippen molar-refractivity contribution in [3.63, 3.8) is 0 Å². The fourth-order valence-electron chi connectivity index (χ4n) is 2.95. The molecule has 0 saturated heterocycles. The van der Waals surface area contributed by atoms with Crippen molar-refractivity contribution in [3.05, 3.63) is 57.4 Å². The molecular weight excluding hydrogens is 462 g/mol. The molecule has 4 heteroatoms. The van der Waals surface area contributed by atoms with E-state index in [1.807, 2.05) is 22.7 Å². The van der Waals surface area contributed by atoms with E-state index < -0.39 is 0 Å². The van der Waals surface area contributed by atoms with Crippen LogP contribution in [0.4, 0.5) is 0 Å². The Labute approximate surface area is 160 Å². The van der Waals surface area contributed by atoms with Gasteiger partial charge in [0.1, 0.15) is 0 Å². The van der Waals surface area contributed by atoms with Crippen LogP contribution in [0.2, 0.25) is 0 Å². The zero-order chi connectivity index (χ0) is 16.3. The molecule has 0 aliphatic heterocycles. The average molecular weight is 476 g/mol. The Bertz CT molecular complexity index is 1040. The van der Waals surface area contributed by atoms with Crippen LogP contribution in [-0.2, 0) is 0 Å². The molecule has 0 saturated carbocycles. The van der Waals surface area contributed by atoms with Gasteiger partial charge in [0, 0.05) is 0 Å². The third-order valence-corrected chi connectivity index (χ3v) is 11.3. The van der Waals surface area contributed by atoms with Crippen LogP contribution in [0.3, 0.4) is 0 Å². The Hall–Kier alpha value is -0.861. The van der Waals surface area contributed by atoms with E-state index in [1.54, 1.807) is 0 Å². The quantitative estimate of drug-likeness (QED) is 0.267. The van der Waals surface area contributed by atoms with Crippen molar-refractivity contribution in [1.29, 1.82) is 0 Å². The molecule has 0 nitrogen and oxygen atoms in total. The van der Waals surface area contributed by atoms with Gasteiger partial charge in [0.2, 0.25) is 0 Å². The van der Waals surface area contributed by atoms with Crippen LogP contribution in [0, 0.1) is 13.8 Å². The molecule has 0 fully saturated rings. The number of hydrogen-bond acceptors (Lipinski definition) is 2. The zero-order valence-corrected chi connectivity index (χ0v) is 18.3. The molecule has 0 spiro atoms. The van der Waals surface area contributed by atoms with Crippen LogP contribution in [0.25, 0.3) is 38.8 Å². The van der Waals surface area contributed by atoms with Gasteiger partial charge in [-0.15, -0.1) is 0 Å². The minimum atomic E-state index is 0.521. The van der Waals surface area contributed by atoms with Gasteiger partial charge in [-0.05, 0) is 0 Å². The van der Waals surface area contributed by atoms with Gasteiger partial charge in [0.15, 0.2) is 0 Å². The van der Waals surface area contributed by atoms with Gasteiger partial charge in [0.05, 0.1) is 0 Å². The van der Waals surface area contributed by atoms with E-state index in [-0.39, 0.29) is 0 Å². The Morgan fingerprint density at radius 3 is 1.46 bits per heavy atom. The van der Waals surface area contributed by atoms with Crippen LogP contribution < -0.4 is 0 Å². The second-order valence-electron chi connectivity index (χ2n) is 5.97. The number of rotatable bonds is 2. The van der Waals surface area contributed by atoms with E-state index >= 15 is 0 Å². The first-order chi connectivity index (χ1) is 11.7. The molecule has 1 aromatic carbocycles. The average Bonchev–Trinajstić information content (AvgIpc) is 3.29. The Morgan fingerprint density at radius 1 is 0.625 bits per heavy atom. The topological polar surface area (TPSA) is 0 Å². The van der Waals surface area contributed by atoms with Gasteiger partial charge in [0.25, 0.3) is 0 Å². The molecular formula is C20H14S2Se2. The summed E-state index contributed by atoms with van der Waals surface area (Å²) in [5.74, 6) is 0. The van der Waals surface area contributed by atoms with Crippen LogP contribution in [-0.4, -0.2) is 29.0 Å². The third-order valence-electron chi connectivity index (χ3n) is 4.12. The predicted octanol–water partition coefficient (Wildman–Crippen LogP) is 6.18. The number of aryl methyl sites for hydroxylation is 2. The SMILES string of the molecule is Cc1ccc(-c2cc3cc4sc(-c5ccc(C)[se]5)cc4cc3s2)[se]1. The van der Waals surface area contributed by atoms with E-state index in [1.165, 1.54) is 47.7 Å². The molecule has 5 rings (SSSR count). The van der Waals surface area contributed by atoms with E-state index in [0.29, 0.717) is 29.0 Å². The van der Waals surface area contributed by atoms with E-state index in [9.17, 15) is 0 Å². The first-order valence-corrected chi connectivity index (χ1v) is 12.8. The van der Waals surface area contributed by atoms with Gasteiger partial charge in [-0.3, -0.25) is 0 Å². The molecule has 0 N–H and O–H groups in total. The van der Waals surface area contributed by atoms with Crippen LogP contribution in [0.5, 0.6) is 0 Å². The molecule has 5 aromatic rings. The molecule has 4 aromatic heterocycles. The van der Waals surface area contributed by atoms with E-state index in [0.717, 1.165) is 0 Å². The summed E-state index contributed by atoms with van der Waals surface area (Å²) in [5, 5.41) is 2.80. The van der Waals surface area contributed by atoms with Gasteiger partial charge in [-0.2, -0.15) is 0 Å². The summed E-state index contributed by atoms with van der Waals surface area (Å²) in [5.41, 5.74) is 0. The summed E-state index contributed by atoms with van der Waals surface area (Å²) >= 11 is 4.94. The molecule has 0 amide bonds. The summed E-state index contributed by atoms with van der Waals surface area (Å²) in [4.78, 5) is 2.91. The normalized spacial score (nSPS) is 11.8. The summed E-state index contributed by atoms with van der Waals surface area (Å²) in [7, 11) is 0. The molecule has 0 aliphatic rings. The maximum absolute atomic E-state index is 2.39. The molecule has 0 atom stereocenters. The first kappa shape index (κ1) is 15.4. The van der Waals surface area contributed by atoms with Crippen molar-refractivity contribution in [2.24, 2.45) is 0 Å². The van der Waals surface area contributed by atoms with Gasteiger partial charge < -0.3 is 0 Å². The number of fused-ring (bicyclic) bond motifs is 2. The minimum absolute atomic E-state index is 0.521. The summed E-state index contributed by atoms with van der Waals surface area (Å²) in [6.45, 7) is 4.48. The third kappa shape index (κ3) is 2.63. The van der Waals surface area contributed by atoms with Gasteiger partial charge in [-0.1, -0.05) is 0 Å². The van der Waals surface area contributed by atoms with Crippen molar-refractivity contribution >= 4 is 71.9 Å². The monoisotopic (exact) mass is 478 g/mol. The molecule has 24 heavy (non-hydrogen) atoms. The second kappa shape index (κ2) is 5.85. The van der Waals surface area contributed by atoms with Gasteiger partial charge >= 0.3 is 162 Å². The summed E-state index contributed by atoms with van der Waals surface area (Å²) in [6.07, 6.45) is 0. The Kier molecular flexibility index (Phi) is 3.75. The van der Waals surface area contributed by atoms with Crippen LogP contribution in [0.15, 0.2) is 48.5 Å². The van der Waals surface area contributed by atoms with Gasteiger partial charge in [-0.25, -0.2) is 0 Å². The van der Waals surface area contributed by atoms with E-state index in [2.05, 4.69) is 62.4 Å². The van der Waals surface area contributed by atoms with Crippen LogP contribution >= 0.6 is 22.7 Å². The second-order valence-corrected chi connectivity index (χ2v) is 13.5. The molecule has 0 radical (unpaired) electrons. The van der Waals surface area contributed by atoms with Crippen molar-refractivity contribution in [2.75, 3.05) is 0 Å². The zero-order valence-electron chi connectivity index (χ0n) is 13.3. The summed E-state index contributed by atoms with van der Waals surface area (Å²) < 4.78 is 8.95. The number of benzene rings is 1. The Morgan fingerprint density at radius 2 is 1.08 bits per heavy atom. The predicted molar refractivity (Wildman–Crippen MR) is 111 cm³/mol. The number of hydrogen-bond donors (Lipinski definition) is 0. The van der Waals surface area contributed by atoms with Crippen molar-refractivity contribution in [2.45, 2.75) is 13.8 Å². The molecule has 0 aliphatic carbocycles. The molecule has 0 unspecified atom stereocenters. The molecule has 4 heterocycles. The number of thiophene rings is 2. The van der Waals surface area contributed by atoms with Crippen molar-refractivity contribution in [1.82, 2.24) is 0 Å².